The molecule has 0 radical (unpaired) electrons. The predicted octanol–water partition coefficient (Wildman–Crippen LogP) is 2.19. The van der Waals surface area contributed by atoms with Crippen LogP contribution in [0.4, 0.5) is 4.79 Å². The number of hydrazine groups is 1. The maximum atomic E-state index is 12.9. The molecule has 1 aliphatic rings. The quantitative estimate of drug-likeness (QED) is 0.729. The van der Waals surface area contributed by atoms with Crippen LogP contribution in [-0.4, -0.2) is 36.6 Å². The van der Waals surface area contributed by atoms with Crippen LogP contribution in [0.3, 0.4) is 0 Å². The number of hydrogen-bond acceptors (Lipinski definition) is 5. The second-order valence-electron chi connectivity index (χ2n) is 6.95. The van der Waals surface area contributed by atoms with E-state index in [0.29, 0.717) is 22.1 Å². The summed E-state index contributed by atoms with van der Waals surface area (Å²) in [5, 5.41) is 3.30. The van der Waals surface area contributed by atoms with E-state index >= 15 is 0 Å². The van der Waals surface area contributed by atoms with Gasteiger partial charge in [-0.05, 0) is 55.7 Å². The first-order chi connectivity index (χ1) is 13.8. The standard InChI is InChI=1S/C21H23N3O5/c1-13-6-5-7-17(14(13)2)29-12-18(25)23-24-19(26)21(3,22-20(24)27)15-8-10-16(28-4)11-9-15/h5-11H,12H2,1-4H3,(H,22,27)(H,23,25)/t21-/m0/s1. The van der Waals surface area contributed by atoms with E-state index in [-0.39, 0.29) is 6.61 Å². The Morgan fingerprint density at radius 3 is 2.48 bits per heavy atom. The lowest BCUT2D eigenvalue weighted by atomic mass is 9.92. The van der Waals surface area contributed by atoms with Crippen LogP contribution in [-0.2, 0) is 15.1 Å². The van der Waals surface area contributed by atoms with Crippen LogP contribution in [0.2, 0.25) is 0 Å². The molecule has 0 aliphatic carbocycles. The minimum Gasteiger partial charge on any atom is -0.497 e. The van der Waals surface area contributed by atoms with Gasteiger partial charge in [0.2, 0.25) is 0 Å². The van der Waals surface area contributed by atoms with E-state index in [4.69, 9.17) is 9.47 Å². The van der Waals surface area contributed by atoms with Gasteiger partial charge in [0, 0.05) is 0 Å². The van der Waals surface area contributed by atoms with E-state index in [9.17, 15) is 14.4 Å². The Balaban J connectivity index is 1.67. The van der Waals surface area contributed by atoms with Crippen LogP contribution < -0.4 is 20.2 Å². The molecule has 8 nitrogen and oxygen atoms in total. The Bertz CT molecular complexity index is 957. The zero-order valence-corrected chi connectivity index (χ0v) is 16.7. The molecule has 4 amide bonds. The topological polar surface area (TPSA) is 97.0 Å². The molecule has 1 heterocycles. The monoisotopic (exact) mass is 397 g/mol. The van der Waals surface area contributed by atoms with Gasteiger partial charge in [-0.25, -0.2) is 4.79 Å². The number of urea groups is 1. The first-order valence-corrected chi connectivity index (χ1v) is 9.06. The fraction of sp³-hybridized carbons (Fsp3) is 0.286. The third-order valence-corrected chi connectivity index (χ3v) is 5.01. The summed E-state index contributed by atoms with van der Waals surface area (Å²) < 4.78 is 10.6. The van der Waals surface area contributed by atoms with Gasteiger partial charge in [0.25, 0.3) is 11.8 Å². The van der Waals surface area contributed by atoms with Crippen molar-refractivity contribution in [3.05, 3.63) is 59.2 Å². The second kappa shape index (κ2) is 7.83. The zero-order chi connectivity index (χ0) is 21.2. The summed E-state index contributed by atoms with van der Waals surface area (Å²) in [7, 11) is 1.54. The van der Waals surface area contributed by atoms with Crippen molar-refractivity contribution in [1.82, 2.24) is 15.8 Å². The lowest BCUT2D eigenvalue weighted by molar-refractivity contribution is -0.139. The molecule has 2 aromatic carbocycles. The van der Waals surface area contributed by atoms with Gasteiger partial charge < -0.3 is 14.8 Å². The van der Waals surface area contributed by atoms with E-state index in [0.717, 1.165) is 11.1 Å². The number of methoxy groups -OCH3 is 1. The number of benzene rings is 2. The number of nitrogens with one attached hydrogen (secondary N) is 2. The Labute approximate surface area is 168 Å². The Kier molecular flexibility index (Phi) is 5.45. The number of carbonyl (C=O) groups excluding carboxylic acids is 3. The normalized spacial score (nSPS) is 18.4. The predicted molar refractivity (Wildman–Crippen MR) is 105 cm³/mol. The number of aryl methyl sites for hydroxylation is 1. The molecule has 0 saturated carbocycles. The van der Waals surface area contributed by atoms with Crippen molar-refractivity contribution < 1.29 is 23.9 Å². The summed E-state index contributed by atoms with van der Waals surface area (Å²) in [6, 6.07) is 11.6. The third-order valence-electron chi connectivity index (χ3n) is 5.01. The van der Waals surface area contributed by atoms with E-state index in [1.54, 1.807) is 37.3 Å². The van der Waals surface area contributed by atoms with Gasteiger partial charge in [-0.3, -0.25) is 15.0 Å². The van der Waals surface area contributed by atoms with Crippen molar-refractivity contribution >= 4 is 17.8 Å². The summed E-state index contributed by atoms with van der Waals surface area (Å²) in [5.41, 5.74) is 3.54. The molecule has 1 aliphatic heterocycles. The van der Waals surface area contributed by atoms with Gasteiger partial charge in [-0.2, -0.15) is 5.01 Å². The molecule has 0 aromatic heterocycles. The average Bonchev–Trinajstić information content (AvgIpc) is 2.93. The van der Waals surface area contributed by atoms with E-state index in [1.165, 1.54) is 7.11 Å². The summed E-state index contributed by atoms with van der Waals surface area (Å²) in [4.78, 5) is 37.4. The van der Waals surface area contributed by atoms with Crippen LogP contribution in [0.5, 0.6) is 11.5 Å². The summed E-state index contributed by atoms with van der Waals surface area (Å²) >= 11 is 0. The number of imide groups is 1. The Morgan fingerprint density at radius 2 is 1.83 bits per heavy atom. The van der Waals surface area contributed by atoms with E-state index < -0.39 is 23.4 Å². The summed E-state index contributed by atoms with van der Waals surface area (Å²) in [5.74, 6) is -0.00978. The van der Waals surface area contributed by atoms with Gasteiger partial charge in [0.15, 0.2) is 6.61 Å². The molecule has 3 rings (SSSR count). The molecule has 0 unspecified atom stereocenters. The van der Waals surface area contributed by atoms with Crippen LogP contribution in [0.15, 0.2) is 42.5 Å². The van der Waals surface area contributed by atoms with Gasteiger partial charge in [-0.15, -0.1) is 0 Å². The second-order valence-corrected chi connectivity index (χ2v) is 6.95. The van der Waals surface area contributed by atoms with Gasteiger partial charge in [-0.1, -0.05) is 24.3 Å². The molecule has 8 heteroatoms. The molecule has 29 heavy (non-hydrogen) atoms. The van der Waals surface area contributed by atoms with Crippen LogP contribution in [0, 0.1) is 13.8 Å². The van der Waals surface area contributed by atoms with E-state index in [1.807, 2.05) is 26.0 Å². The number of amides is 4. The molecule has 152 valence electrons. The lowest BCUT2D eigenvalue weighted by Crippen LogP contribution is -2.49. The van der Waals surface area contributed by atoms with Crippen LogP contribution >= 0.6 is 0 Å². The van der Waals surface area contributed by atoms with Gasteiger partial charge in [0.05, 0.1) is 7.11 Å². The number of nitrogens with zero attached hydrogens (tertiary/aromatic N) is 1. The van der Waals surface area contributed by atoms with Crippen molar-refractivity contribution in [2.75, 3.05) is 13.7 Å². The fourth-order valence-electron chi connectivity index (χ4n) is 3.04. The van der Waals surface area contributed by atoms with Crippen molar-refractivity contribution in [3.8, 4) is 11.5 Å². The Hall–Kier alpha value is -3.55. The highest BCUT2D eigenvalue weighted by atomic mass is 16.5. The number of hydrogen-bond donors (Lipinski definition) is 2. The molecular formula is C21H23N3O5. The average molecular weight is 397 g/mol. The maximum Gasteiger partial charge on any atom is 0.344 e. The van der Waals surface area contributed by atoms with Crippen molar-refractivity contribution in [2.45, 2.75) is 26.3 Å². The van der Waals surface area contributed by atoms with Gasteiger partial charge >= 0.3 is 6.03 Å². The maximum absolute atomic E-state index is 12.9. The number of carbonyl (C=O) groups is 3. The molecule has 1 atom stereocenters. The lowest BCUT2D eigenvalue weighted by Gasteiger charge is -2.22. The highest BCUT2D eigenvalue weighted by Gasteiger charge is 2.50. The molecule has 2 N–H and O–H groups in total. The SMILES string of the molecule is COc1ccc([C@]2(C)NC(=O)N(NC(=O)COc3cccc(C)c3C)C2=O)cc1. The Morgan fingerprint density at radius 1 is 1.14 bits per heavy atom. The van der Waals surface area contributed by atoms with Crippen LogP contribution in [0.1, 0.15) is 23.6 Å². The molecule has 2 aromatic rings. The van der Waals surface area contributed by atoms with Crippen LogP contribution in [0.25, 0.3) is 0 Å². The highest BCUT2D eigenvalue weighted by Crippen LogP contribution is 2.29. The number of ether oxygens (including phenoxy) is 2. The zero-order valence-electron chi connectivity index (χ0n) is 16.7. The minimum atomic E-state index is -1.30. The molecule has 0 bridgehead atoms. The molecule has 1 fully saturated rings. The van der Waals surface area contributed by atoms with E-state index in [2.05, 4.69) is 10.7 Å². The first kappa shape index (κ1) is 20.2. The molecule has 1 saturated heterocycles. The van der Waals surface area contributed by atoms with Crippen molar-refractivity contribution in [3.63, 3.8) is 0 Å². The minimum absolute atomic E-state index is 0.333. The van der Waals surface area contributed by atoms with Gasteiger partial charge in [0.1, 0.15) is 17.0 Å². The number of rotatable bonds is 6. The molecule has 0 spiro atoms. The smallest absolute Gasteiger partial charge is 0.344 e. The molecular weight excluding hydrogens is 374 g/mol. The summed E-state index contributed by atoms with van der Waals surface area (Å²) in [6.45, 7) is 5.07. The highest BCUT2D eigenvalue weighted by molar-refractivity contribution is 6.08. The van der Waals surface area contributed by atoms with Crippen molar-refractivity contribution in [2.24, 2.45) is 0 Å². The summed E-state index contributed by atoms with van der Waals surface area (Å²) in [6.07, 6.45) is 0. The third kappa shape index (κ3) is 3.87. The van der Waals surface area contributed by atoms with Crippen molar-refractivity contribution in [1.29, 1.82) is 0 Å². The largest absolute Gasteiger partial charge is 0.497 e. The first-order valence-electron chi connectivity index (χ1n) is 9.06. The fourth-order valence-corrected chi connectivity index (χ4v) is 3.04.